The second-order valence-electron chi connectivity index (χ2n) is 8.57. The summed E-state index contributed by atoms with van der Waals surface area (Å²) in [5, 5.41) is 4.49. The molecule has 1 aliphatic rings. The summed E-state index contributed by atoms with van der Waals surface area (Å²) < 4.78 is 11.9. The fourth-order valence-electron chi connectivity index (χ4n) is 4.47. The van der Waals surface area contributed by atoms with E-state index in [0.29, 0.717) is 5.92 Å². The molecule has 0 amide bonds. The molecule has 0 bridgehead atoms. The topological polar surface area (TPSA) is 30.5 Å². The quantitative estimate of drug-likeness (QED) is 0.559. The Hall–Kier alpha value is -1.55. The van der Waals surface area contributed by atoms with E-state index in [1.807, 2.05) is 12.1 Å². The summed E-state index contributed by atoms with van der Waals surface area (Å²) in [6, 6.07) is 16.9. The molecule has 0 aliphatic carbocycles. The van der Waals surface area contributed by atoms with Crippen molar-refractivity contribution in [2.75, 3.05) is 20.3 Å². The number of hydrogen-bond acceptors (Lipinski definition) is 3. The summed E-state index contributed by atoms with van der Waals surface area (Å²) in [7, 11) is 1.77. The minimum Gasteiger partial charge on any atom is -0.496 e. The van der Waals surface area contributed by atoms with E-state index in [1.54, 1.807) is 7.11 Å². The molecular formula is C25H34ClNO2. The Balaban J connectivity index is 1.77. The van der Waals surface area contributed by atoms with Gasteiger partial charge in [-0.15, -0.1) is 0 Å². The third-order valence-corrected chi connectivity index (χ3v) is 6.60. The first kappa shape index (κ1) is 22.1. The van der Waals surface area contributed by atoms with E-state index in [4.69, 9.17) is 21.1 Å². The molecule has 1 N–H and O–H groups in total. The van der Waals surface area contributed by atoms with Crippen LogP contribution >= 0.6 is 11.6 Å². The van der Waals surface area contributed by atoms with Gasteiger partial charge in [-0.3, -0.25) is 0 Å². The lowest BCUT2D eigenvalue weighted by Crippen LogP contribution is -2.43. The van der Waals surface area contributed by atoms with Gasteiger partial charge in [-0.2, -0.15) is 0 Å². The molecule has 0 unspecified atom stereocenters. The van der Waals surface area contributed by atoms with Crippen LogP contribution in [0.2, 0.25) is 5.02 Å². The zero-order valence-electron chi connectivity index (χ0n) is 18.1. The number of hydrogen-bond donors (Lipinski definition) is 1. The molecule has 0 aromatic heterocycles. The highest BCUT2D eigenvalue weighted by atomic mass is 35.5. The third-order valence-electron chi connectivity index (χ3n) is 6.35. The number of para-hydroxylation sites is 1. The molecule has 3 nitrogen and oxygen atoms in total. The largest absolute Gasteiger partial charge is 0.496 e. The van der Waals surface area contributed by atoms with Crippen molar-refractivity contribution in [3.63, 3.8) is 0 Å². The van der Waals surface area contributed by atoms with E-state index in [1.165, 1.54) is 11.1 Å². The van der Waals surface area contributed by atoms with Crippen LogP contribution in [0.5, 0.6) is 5.75 Å². The monoisotopic (exact) mass is 415 g/mol. The lowest BCUT2D eigenvalue weighted by atomic mass is 9.68. The minimum atomic E-state index is 0.0620. The molecule has 1 saturated heterocycles. The van der Waals surface area contributed by atoms with Crippen molar-refractivity contribution in [3.8, 4) is 5.75 Å². The van der Waals surface area contributed by atoms with Crippen LogP contribution in [0.15, 0.2) is 48.5 Å². The molecule has 1 aliphatic heterocycles. The van der Waals surface area contributed by atoms with Crippen LogP contribution in [0.25, 0.3) is 0 Å². The minimum absolute atomic E-state index is 0.0620. The first-order chi connectivity index (χ1) is 13.9. The normalized spacial score (nSPS) is 23.2. The average Bonchev–Trinajstić information content (AvgIpc) is 2.74. The van der Waals surface area contributed by atoms with Gasteiger partial charge in [0.2, 0.25) is 0 Å². The highest BCUT2D eigenvalue weighted by Gasteiger charge is 2.40. The van der Waals surface area contributed by atoms with Gasteiger partial charge in [-0.05, 0) is 62.4 Å². The summed E-state index contributed by atoms with van der Waals surface area (Å²) in [5.74, 6) is 1.49. The number of nitrogens with one attached hydrogen (secondary N) is 1. The highest BCUT2D eigenvalue weighted by Crippen LogP contribution is 2.45. The van der Waals surface area contributed by atoms with Crippen molar-refractivity contribution >= 4 is 11.6 Å². The molecule has 3 rings (SSSR count). The number of ether oxygens (including phenoxy) is 2. The Morgan fingerprint density at radius 3 is 2.55 bits per heavy atom. The zero-order chi connectivity index (χ0) is 20.9. The standard InChI is InChI=1S/C25H34ClNO2/c1-18(2)24-17-25(14-16-29-24,22-7-5-6-8-23(22)28-4)13-15-27-19(3)20-9-11-21(26)12-10-20/h5-12,18-19,24,27H,13-17H2,1-4H3/t19-,24-,25-/m0/s1. The van der Waals surface area contributed by atoms with Crippen LogP contribution < -0.4 is 10.1 Å². The Morgan fingerprint density at radius 1 is 1.14 bits per heavy atom. The second-order valence-corrected chi connectivity index (χ2v) is 9.00. The van der Waals surface area contributed by atoms with Crippen molar-refractivity contribution in [1.29, 1.82) is 0 Å². The molecule has 158 valence electrons. The lowest BCUT2D eigenvalue weighted by molar-refractivity contribution is -0.0474. The molecule has 0 spiro atoms. The molecule has 0 radical (unpaired) electrons. The fraction of sp³-hybridized carbons (Fsp3) is 0.520. The smallest absolute Gasteiger partial charge is 0.122 e. The molecule has 2 aromatic rings. The van der Waals surface area contributed by atoms with E-state index < -0.39 is 0 Å². The van der Waals surface area contributed by atoms with E-state index in [2.05, 4.69) is 62.5 Å². The molecule has 1 heterocycles. The maximum absolute atomic E-state index is 6.12. The molecule has 29 heavy (non-hydrogen) atoms. The fourth-order valence-corrected chi connectivity index (χ4v) is 4.59. The van der Waals surface area contributed by atoms with E-state index >= 15 is 0 Å². The first-order valence-corrected chi connectivity index (χ1v) is 11.1. The van der Waals surface area contributed by atoms with Gasteiger partial charge in [0.25, 0.3) is 0 Å². The summed E-state index contributed by atoms with van der Waals surface area (Å²) in [6.45, 7) is 8.45. The van der Waals surface area contributed by atoms with Crippen LogP contribution in [0.1, 0.15) is 57.2 Å². The lowest BCUT2D eigenvalue weighted by Gasteiger charge is -2.43. The Bertz CT molecular complexity index is 777. The molecular weight excluding hydrogens is 382 g/mol. The Kier molecular flexibility index (Phi) is 7.61. The Labute approximate surface area is 180 Å². The van der Waals surface area contributed by atoms with Crippen molar-refractivity contribution < 1.29 is 9.47 Å². The van der Waals surface area contributed by atoms with Crippen LogP contribution in [0.3, 0.4) is 0 Å². The van der Waals surface area contributed by atoms with Gasteiger partial charge in [-0.25, -0.2) is 0 Å². The average molecular weight is 416 g/mol. The van der Waals surface area contributed by atoms with Crippen molar-refractivity contribution in [3.05, 3.63) is 64.7 Å². The second kappa shape index (κ2) is 9.97. The third kappa shape index (κ3) is 5.33. The molecule has 1 fully saturated rings. The summed E-state index contributed by atoms with van der Waals surface area (Å²) in [4.78, 5) is 0. The van der Waals surface area contributed by atoms with Crippen LogP contribution in [0.4, 0.5) is 0 Å². The van der Waals surface area contributed by atoms with Gasteiger partial charge in [0.1, 0.15) is 5.75 Å². The molecule has 3 atom stereocenters. The van der Waals surface area contributed by atoms with E-state index in [-0.39, 0.29) is 17.6 Å². The van der Waals surface area contributed by atoms with Gasteiger partial charge < -0.3 is 14.8 Å². The highest BCUT2D eigenvalue weighted by molar-refractivity contribution is 6.30. The predicted octanol–water partition coefficient (Wildman–Crippen LogP) is 6.16. The maximum Gasteiger partial charge on any atom is 0.122 e. The van der Waals surface area contributed by atoms with Gasteiger partial charge in [0, 0.05) is 28.6 Å². The van der Waals surface area contributed by atoms with Crippen LogP contribution in [-0.2, 0) is 10.2 Å². The van der Waals surface area contributed by atoms with Crippen molar-refractivity contribution in [1.82, 2.24) is 5.32 Å². The van der Waals surface area contributed by atoms with Gasteiger partial charge >= 0.3 is 0 Å². The van der Waals surface area contributed by atoms with Gasteiger partial charge in [0.15, 0.2) is 0 Å². The molecule has 0 saturated carbocycles. The maximum atomic E-state index is 6.12. The van der Waals surface area contributed by atoms with Crippen LogP contribution in [-0.4, -0.2) is 26.4 Å². The first-order valence-electron chi connectivity index (χ1n) is 10.7. The van der Waals surface area contributed by atoms with E-state index in [0.717, 1.165) is 43.2 Å². The number of rotatable bonds is 8. The van der Waals surface area contributed by atoms with Gasteiger partial charge in [-0.1, -0.05) is 55.8 Å². The molecule has 4 heteroatoms. The predicted molar refractivity (Wildman–Crippen MR) is 121 cm³/mol. The number of methoxy groups -OCH3 is 1. The zero-order valence-corrected chi connectivity index (χ0v) is 18.8. The van der Waals surface area contributed by atoms with Crippen LogP contribution in [0, 0.1) is 5.92 Å². The van der Waals surface area contributed by atoms with Crippen molar-refractivity contribution in [2.45, 2.75) is 57.6 Å². The molecule has 2 aromatic carbocycles. The SMILES string of the molecule is COc1ccccc1[C@@]1(CCN[C@@H](C)c2ccc(Cl)cc2)CCO[C@H](C(C)C)C1. The van der Waals surface area contributed by atoms with Gasteiger partial charge in [0.05, 0.1) is 13.2 Å². The summed E-state index contributed by atoms with van der Waals surface area (Å²) >= 11 is 6.03. The van der Waals surface area contributed by atoms with E-state index in [9.17, 15) is 0 Å². The number of benzene rings is 2. The summed E-state index contributed by atoms with van der Waals surface area (Å²) in [6.07, 6.45) is 3.38. The number of halogens is 1. The Morgan fingerprint density at radius 2 is 1.86 bits per heavy atom. The van der Waals surface area contributed by atoms with Crippen molar-refractivity contribution in [2.24, 2.45) is 5.92 Å². The summed E-state index contributed by atoms with van der Waals surface area (Å²) in [5.41, 5.74) is 2.64.